The van der Waals surface area contributed by atoms with Crippen molar-refractivity contribution in [1.29, 1.82) is 0 Å². The zero-order chi connectivity index (χ0) is 24.1. The lowest BCUT2D eigenvalue weighted by Gasteiger charge is -2.07. The minimum atomic E-state index is -0.482. The average Bonchev–Trinajstić information content (AvgIpc) is 3.49. The van der Waals surface area contributed by atoms with E-state index in [0.717, 1.165) is 20.5 Å². The van der Waals surface area contributed by atoms with E-state index in [2.05, 4.69) is 15.4 Å². The summed E-state index contributed by atoms with van der Waals surface area (Å²) < 4.78 is 1.32. The molecule has 0 radical (unpaired) electrons. The molecule has 0 aliphatic carbocycles. The van der Waals surface area contributed by atoms with Crippen LogP contribution in [0.25, 0.3) is 26.5 Å². The lowest BCUT2D eigenvalue weighted by molar-refractivity contribution is -0.384. The third kappa shape index (κ3) is 5.50. The number of rotatable bonds is 8. The number of nitro benzene ring substituents is 1. The molecule has 0 bridgehead atoms. The van der Waals surface area contributed by atoms with Crippen LogP contribution in [0.3, 0.4) is 0 Å². The molecular formula is C23H19N5O4S2. The number of benzene rings is 1. The molecule has 4 rings (SSSR count). The minimum absolute atomic E-state index is 0.0157. The first-order chi connectivity index (χ1) is 16.4. The third-order valence-corrected chi connectivity index (χ3v) is 7.00. The molecule has 0 fully saturated rings. The molecule has 172 valence electrons. The molecule has 1 amide bonds. The van der Waals surface area contributed by atoms with Crippen molar-refractivity contribution in [3.63, 3.8) is 0 Å². The van der Waals surface area contributed by atoms with E-state index in [1.165, 1.54) is 40.3 Å². The number of nitrogens with one attached hydrogen (secondary N) is 1. The van der Waals surface area contributed by atoms with E-state index in [1.54, 1.807) is 35.6 Å². The summed E-state index contributed by atoms with van der Waals surface area (Å²) in [5, 5.41) is 20.8. The summed E-state index contributed by atoms with van der Waals surface area (Å²) in [6, 6.07) is 13.0. The number of thiazole rings is 1. The summed E-state index contributed by atoms with van der Waals surface area (Å²) in [5.74, 6) is -0.346. The Kier molecular flexibility index (Phi) is 7.04. The quantitative estimate of drug-likeness (QED) is 0.224. The van der Waals surface area contributed by atoms with Crippen LogP contribution in [-0.4, -0.2) is 32.1 Å². The first kappa shape index (κ1) is 23.2. The highest BCUT2D eigenvalue weighted by Gasteiger charge is 2.14. The molecule has 3 heterocycles. The Morgan fingerprint density at radius 2 is 2.00 bits per heavy atom. The van der Waals surface area contributed by atoms with E-state index in [1.807, 2.05) is 24.4 Å². The van der Waals surface area contributed by atoms with Crippen LogP contribution >= 0.6 is 22.7 Å². The number of hydrogen-bond donors (Lipinski definition) is 1. The highest BCUT2D eigenvalue weighted by atomic mass is 32.1. The van der Waals surface area contributed by atoms with E-state index in [-0.39, 0.29) is 30.2 Å². The molecule has 0 saturated carbocycles. The van der Waals surface area contributed by atoms with Crippen LogP contribution in [-0.2, 0) is 11.3 Å². The van der Waals surface area contributed by atoms with Crippen molar-refractivity contribution in [3.8, 4) is 20.5 Å². The number of thiophene rings is 1. The number of nitro groups is 1. The second-order valence-corrected chi connectivity index (χ2v) is 9.11. The minimum Gasteiger partial charge on any atom is -0.351 e. The van der Waals surface area contributed by atoms with Crippen LogP contribution in [0.1, 0.15) is 11.3 Å². The smallest absolute Gasteiger partial charge is 0.269 e. The van der Waals surface area contributed by atoms with Crippen LogP contribution in [0.15, 0.2) is 64.8 Å². The summed E-state index contributed by atoms with van der Waals surface area (Å²) in [5.41, 5.74) is 1.88. The fourth-order valence-electron chi connectivity index (χ4n) is 3.09. The van der Waals surface area contributed by atoms with E-state index in [0.29, 0.717) is 11.3 Å². The van der Waals surface area contributed by atoms with E-state index in [4.69, 9.17) is 0 Å². The zero-order valence-electron chi connectivity index (χ0n) is 18.0. The van der Waals surface area contributed by atoms with Crippen molar-refractivity contribution in [2.45, 2.75) is 13.5 Å². The van der Waals surface area contributed by atoms with E-state index >= 15 is 0 Å². The van der Waals surface area contributed by atoms with Crippen LogP contribution in [0.5, 0.6) is 0 Å². The molecule has 1 aromatic carbocycles. The van der Waals surface area contributed by atoms with Gasteiger partial charge in [0.2, 0.25) is 5.91 Å². The molecule has 4 aromatic rings. The SMILES string of the molecule is Cc1nc(-c2cccs2)sc1-c1ccc(=O)n(CCNC(=O)/C=C/c2ccc([N+](=O)[O-])cc2)n1. The van der Waals surface area contributed by atoms with Crippen molar-refractivity contribution in [2.75, 3.05) is 6.54 Å². The largest absolute Gasteiger partial charge is 0.351 e. The number of amides is 1. The van der Waals surface area contributed by atoms with Crippen molar-refractivity contribution in [1.82, 2.24) is 20.1 Å². The van der Waals surface area contributed by atoms with Gasteiger partial charge in [-0.05, 0) is 48.2 Å². The van der Waals surface area contributed by atoms with Gasteiger partial charge in [0.1, 0.15) is 10.7 Å². The number of hydrogen-bond acceptors (Lipinski definition) is 8. The molecule has 1 N–H and O–H groups in total. The summed E-state index contributed by atoms with van der Waals surface area (Å²) >= 11 is 3.14. The Morgan fingerprint density at radius 1 is 1.21 bits per heavy atom. The van der Waals surface area contributed by atoms with Gasteiger partial charge in [-0.2, -0.15) is 5.10 Å². The second-order valence-electron chi connectivity index (χ2n) is 7.16. The van der Waals surface area contributed by atoms with Gasteiger partial charge in [0.15, 0.2) is 0 Å². The highest BCUT2D eigenvalue weighted by Crippen LogP contribution is 2.35. The first-order valence-electron chi connectivity index (χ1n) is 10.2. The van der Waals surface area contributed by atoms with Gasteiger partial charge < -0.3 is 5.32 Å². The fraction of sp³-hybridized carbons (Fsp3) is 0.130. The normalized spacial score (nSPS) is 11.1. The summed E-state index contributed by atoms with van der Waals surface area (Å²) in [4.78, 5) is 41.2. The second kappa shape index (κ2) is 10.3. The highest BCUT2D eigenvalue weighted by molar-refractivity contribution is 7.23. The molecule has 0 aliphatic rings. The molecule has 0 spiro atoms. The Morgan fingerprint density at radius 3 is 2.71 bits per heavy atom. The summed E-state index contributed by atoms with van der Waals surface area (Å²) in [6.45, 7) is 2.33. The topological polar surface area (TPSA) is 120 Å². The number of aryl methyl sites for hydroxylation is 1. The van der Waals surface area contributed by atoms with Gasteiger partial charge in [-0.3, -0.25) is 19.7 Å². The van der Waals surface area contributed by atoms with Crippen molar-refractivity contribution >= 4 is 40.3 Å². The number of nitrogens with zero attached hydrogens (tertiary/aromatic N) is 4. The maximum Gasteiger partial charge on any atom is 0.269 e. The summed E-state index contributed by atoms with van der Waals surface area (Å²) in [7, 11) is 0. The number of carbonyl (C=O) groups excluding carboxylic acids is 1. The van der Waals surface area contributed by atoms with Gasteiger partial charge in [-0.25, -0.2) is 9.67 Å². The Bertz CT molecular complexity index is 1410. The van der Waals surface area contributed by atoms with Crippen molar-refractivity contribution < 1.29 is 9.72 Å². The molecule has 9 nitrogen and oxygen atoms in total. The van der Waals surface area contributed by atoms with E-state index < -0.39 is 4.92 Å². The number of aromatic nitrogens is 3. The van der Waals surface area contributed by atoms with E-state index in [9.17, 15) is 19.7 Å². The number of non-ortho nitro benzene ring substituents is 1. The van der Waals surface area contributed by atoms with Crippen molar-refractivity contribution in [2.24, 2.45) is 0 Å². The molecule has 0 atom stereocenters. The molecule has 3 aromatic heterocycles. The van der Waals surface area contributed by atoms with Gasteiger partial charge >= 0.3 is 0 Å². The Hall–Kier alpha value is -3.96. The molecule has 0 aliphatic heterocycles. The third-order valence-electron chi connectivity index (χ3n) is 4.78. The Balaban J connectivity index is 1.38. The van der Waals surface area contributed by atoms with Crippen LogP contribution < -0.4 is 10.9 Å². The van der Waals surface area contributed by atoms with Gasteiger partial charge in [0, 0.05) is 30.8 Å². The van der Waals surface area contributed by atoms with Gasteiger partial charge in [-0.15, -0.1) is 22.7 Å². The molecule has 11 heteroatoms. The average molecular weight is 494 g/mol. The monoisotopic (exact) mass is 493 g/mol. The zero-order valence-corrected chi connectivity index (χ0v) is 19.6. The van der Waals surface area contributed by atoms with Gasteiger partial charge in [-0.1, -0.05) is 6.07 Å². The fourth-order valence-corrected chi connectivity index (χ4v) is 4.92. The van der Waals surface area contributed by atoms with Crippen molar-refractivity contribution in [3.05, 3.63) is 91.7 Å². The predicted molar refractivity (Wildman–Crippen MR) is 133 cm³/mol. The van der Waals surface area contributed by atoms with Gasteiger partial charge in [0.25, 0.3) is 11.2 Å². The van der Waals surface area contributed by atoms with Crippen LogP contribution in [0, 0.1) is 17.0 Å². The maximum absolute atomic E-state index is 12.3. The maximum atomic E-state index is 12.3. The standard InChI is InChI=1S/C23H19N5O4S2/c1-15-22(34-23(25-15)19-3-2-14-33-19)18-9-11-21(30)27(26-18)13-12-24-20(29)10-6-16-4-7-17(8-5-16)28(31)32/h2-11,14H,12-13H2,1H3,(H,24,29)/b10-6+. The Labute approximate surface area is 202 Å². The lowest BCUT2D eigenvalue weighted by atomic mass is 10.2. The molecular weight excluding hydrogens is 474 g/mol. The summed E-state index contributed by atoms with van der Waals surface area (Å²) in [6.07, 6.45) is 2.89. The molecule has 0 unspecified atom stereocenters. The van der Waals surface area contributed by atoms with Crippen LogP contribution in [0.2, 0.25) is 0 Å². The lowest BCUT2D eigenvalue weighted by Crippen LogP contribution is -2.31. The molecule has 34 heavy (non-hydrogen) atoms. The first-order valence-corrected chi connectivity index (χ1v) is 11.9. The number of carbonyl (C=O) groups is 1. The van der Waals surface area contributed by atoms with Gasteiger partial charge in [0.05, 0.1) is 26.9 Å². The molecule has 0 saturated heterocycles. The van der Waals surface area contributed by atoms with Crippen LogP contribution in [0.4, 0.5) is 5.69 Å². The predicted octanol–water partition coefficient (Wildman–Crippen LogP) is 4.14.